The lowest BCUT2D eigenvalue weighted by Gasteiger charge is -2.35. The monoisotopic (exact) mass is 210 g/mol. The van der Waals surface area contributed by atoms with Crippen LogP contribution in [0.15, 0.2) is 0 Å². The van der Waals surface area contributed by atoms with Crippen LogP contribution in [0.5, 0.6) is 0 Å². The molecule has 0 aromatic rings. The van der Waals surface area contributed by atoms with E-state index < -0.39 is 16.2 Å². The van der Waals surface area contributed by atoms with Gasteiger partial charge in [-0.3, -0.25) is 0 Å². The van der Waals surface area contributed by atoms with Crippen LogP contribution in [0.4, 0.5) is 0 Å². The van der Waals surface area contributed by atoms with Crippen molar-refractivity contribution in [3.63, 3.8) is 0 Å². The van der Waals surface area contributed by atoms with Crippen LogP contribution in [-0.4, -0.2) is 44.6 Å². The van der Waals surface area contributed by atoms with Crippen LogP contribution >= 0.6 is 0 Å². The van der Waals surface area contributed by atoms with E-state index in [1.807, 2.05) is 13.1 Å². The van der Waals surface area contributed by atoms with Crippen LogP contribution in [0.2, 0.25) is 13.1 Å². The zero-order valence-electron chi connectivity index (χ0n) is 8.63. The van der Waals surface area contributed by atoms with Gasteiger partial charge in [0, 0.05) is 28.4 Å². The van der Waals surface area contributed by atoms with Gasteiger partial charge in [-0.1, -0.05) is 0 Å². The summed E-state index contributed by atoms with van der Waals surface area (Å²) in [4.78, 5) is 0. The first kappa shape index (κ1) is 12.3. The maximum atomic E-state index is 5.40. The van der Waals surface area contributed by atoms with Gasteiger partial charge in [0.05, 0.1) is 0 Å². The second-order valence-corrected chi connectivity index (χ2v) is 14.1. The van der Waals surface area contributed by atoms with Crippen molar-refractivity contribution in [1.82, 2.24) is 0 Å². The first-order chi connectivity index (χ1) is 5.49. The zero-order chi connectivity index (χ0) is 9.83. The van der Waals surface area contributed by atoms with E-state index in [1.165, 1.54) is 0 Å². The Morgan fingerprint density at radius 3 is 1.08 bits per heavy atom. The van der Waals surface area contributed by atoms with Gasteiger partial charge in [0.2, 0.25) is 0 Å². The molecule has 0 amide bonds. The minimum atomic E-state index is -2.53. The molecule has 0 aliphatic carbocycles. The van der Waals surface area contributed by atoms with Gasteiger partial charge in [-0.05, 0) is 13.1 Å². The Balaban J connectivity index is 4.69. The van der Waals surface area contributed by atoms with E-state index in [-0.39, 0.29) is 0 Å². The molecule has 0 heterocycles. The van der Waals surface area contributed by atoms with Crippen molar-refractivity contribution in [2.24, 2.45) is 0 Å². The molecule has 0 aromatic heterocycles. The molecule has 0 radical (unpaired) electrons. The van der Waals surface area contributed by atoms with E-state index >= 15 is 0 Å². The van der Waals surface area contributed by atoms with Crippen LogP contribution in [-0.2, 0) is 17.7 Å². The van der Waals surface area contributed by atoms with Crippen molar-refractivity contribution < 1.29 is 17.7 Å². The molecule has 0 aliphatic rings. The summed E-state index contributed by atoms with van der Waals surface area (Å²) in [5, 5.41) is 0. The second-order valence-electron chi connectivity index (χ2n) is 2.88. The smallest absolute Gasteiger partial charge is 0.414 e. The van der Waals surface area contributed by atoms with E-state index in [1.54, 1.807) is 28.4 Å². The SMILES string of the molecule is CO[Si](C)(C)[Si](OC)(OC)OC. The highest BCUT2D eigenvalue weighted by Crippen LogP contribution is 2.21. The third-order valence-electron chi connectivity index (χ3n) is 2.05. The molecule has 0 N–H and O–H groups in total. The summed E-state index contributed by atoms with van der Waals surface area (Å²) in [5.41, 5.74) is 0. The minimum absolute atomic E-state index is 1.60. The van der Waals surface area contributed by atoms with Gasteiger partial charge in [-0.25, -0.2) is 0 Å². The lowest BCUT2D eigenvalue weighted by Crippen LogP contribution is -2.65. The summed E-state index contributed by atoms with van der Waals surface area (Å²) in [6.45, 7) is 4.05. The molecular weight excluding hydrogens is 192 g/mol. The minimum Gasteiger partial charge on any atom is -0.414 e. The summed E-state index contributed by atoms with van der Waals surface area (Å²) in [6.07, 6.45) is 0. The molecule has 74 valence electrons. The van der Waals surface area contributed by atoms with E-state index in [9.17, 15) is 0 Å². The van der Waals surface area contributed by atoms with Gasteiger partial charge in [-0.2, -0.15) is 0 Å². The van der Waals surface area contributed by atoms with E-state index in [0.29, 0.717) is 0 Å². The first-order valence-corrected chi connectivity index (χ1v) is 9.33. The van der Waals surface area contributed by atoms with E-state index in [2.05, 4.69) is 0 Å². The quantitative estimate of drug-likeness (QED) is 0.629. The van der Waals surface area contributed by atoms with E-state index in [0.717, 1.165) is 0 Å². The highest BCUT2D eigenvalue weighted by Gasteiger charge is 2.57. The van der Waals surface area contributed by atoms with Crippen molar-refractivity contribution in [2.75, 3.05) is 28.4 Å². The Hall–Kier alpha value is 0.274. The first-order valence-electron chi connectivity index (χ1n) is 3.70. The van der Waals surface area contributed by atoms with Crippen LogP contribution < -0.4 is 0 Å². The average Bonchev–Trinajstić information content (AvgIpc) is 2.08. The van der Waals surface area contributed by atoms with Gasteiger partial charge in [0.15, 0.2) is 0 Å². The second kappa shape index (κ2) is 4.49. The molecule has 0 bridgehead atoms. The van der Waals surface area contributed by atoms with E-state index in [4.69, 9.17) is 17.7 Å². The Kier molecular flexibility index (Phi) is 4.60. The number of hydrogen-bond donors (Lipinski definition) is 0. The normalized spacial score (nSPS) is 13.5. The molecular formula is C6H18O4Si2. The molecule has 0 atom stereocenters. The predicted octanol–water partition coefficient (Wildman–Crippen LogP) is 0.794. The summed E-state index contributed by atoms with van der Waals surface area (Å²) >= 11 is 0. The van der Waals surface area contributed by atoms with Gasteiger partial charge in [0.1, 0.15) is 0 Å². The fraction of sp³-hybridized carbons (Fsp3) is 1.00. The molecule has 0 aromatic carbocycles. The van der Waals surface area contributed by atoms with Crippen LogP contribution in [0, 0.1) is 0 Å². The molecule has 0 saturated carbocycles. The molecule has 0 spiro atoms. The summed E-state index contributed by atoms with van der Waals surface area (Å²) in [5.74, 6) is 0. The number of hydrogen-bond acceptors (Lipinski definition) is 4. The maximum absolute atomic E-state index is 5.40. The maximum Gasteiger partial charge on any atom is 0.502 e. The fourth-order valence-electron chi connectivity index (χ4n) is 1.11. The molecule has 4 nitrogen and oxygen atoms in total. The summed E-state index contributed by atoms with van der Waals surface area (Å²) in [6, 6.07) is 0. The Labute approximate surface area is 76.1 Å². The Morgan fingerprint density at radius 1 is 0.667 bits per heavy atom. The Bertz CT molecular complexity index is 127. The predicted molar refractivity (Wildman–Crippen MR) is 51.3 cm³/mol. The Morgan fingerprint density at radius 2 is 1.00 bits per heavy atom. The van der Waals surface area contributed by atoms with Crippen molar-refractivity contribution in [1.29, 1.82) is 0 Å². The molecule has 0 aliphatic heterocycles. The third kappa shape index (κ3) is 1.95. The standard InChI is InChI=1S/C6H18O4Si2/c1-7-11(5,6)12(8-2,9-3)10-4/h1-6H3. The van der Waals surface area contributed by atoms with Crippen LogP contribution in [0.1, 0.15) is 0 Å². The van der Waals surface area contributed by atoms with Crippen molar-refractivity contribution in [3.8, 4) is 0 Å². The lowest BCUT2D eigenvalue weighted by atomic mass is 11.8. The summed E-state index contributed by atoms with van der Waals surface area (Å²) < 4.78 is 21.4. The zero-order valence-corrected chi connectivity index (χ0v) is 10.6. The van der Waals surface area contributed by atoms with Crippen molar-refractivity contribution in [2.45, 2.75) is 13.1 Å². The molecule has 0 rings (SSSR count). The van der Waals surface area contributed by atoms with Gasteiger partial charge in [-0.15, -0.1) is 0 Å². The molecule has 12 heavy (non-hydrogen) atoms. The highest BCUT2D eigenvalue weighted by molar-refractivity contribution is 7.31. The van der Waals surface area contributed by atoms with Gasteiger partial charge >= 0.3 is 8.32 Å². The van der Waals surface area contributed by atoms with Crippen LogP contribution in [0.25, 0.3) is 0 Å². The lowest BCUT2D eigenvalue weighted by molar-refractivity contribution is 0.137. The van der Waals surface area contributed by atoms with Crippen LogP contribution in [0.3, 0.4) is 0 Å². The van der Waals surface area contributed by atoms with Crippen molar-refractivity contribution in [3.05, 3.63) is 0 Å². The molecule has 0 saturated heterocycles. The molecule has 6 heteroatoms. The molecule has 0 unspecified atom stereocenters. The fourth-order valence-corrected chi connectivity index (χ4v) is 8.51. The largest absolute Gasteiger partial charge is 0.502 e. The third-order valence-corrected chi connectivity index (χ3v) is 13.0. The van der Waals surface area contributed by atoms with Gasteiger partial charge in [0.25, 0.3) is 7.83 Å². The summed E-state index contributed by atoms with van der Waals surface area (Å²) in [7, 11) is 1.97. The highest BCUT2D eigenvalue weighted by atomic mass is 29.3. The van der Waals surface area contributed by atoms with Gasteiger partial charge < -0.3 is 17.7 Å². The topological polar surface area (TPSA) is 36.9 Å². The molecule has 0 fully saturated rings. The number of rotatable bonds is 5. The van der Waals surface area contributed by atoms with Crippen molar-refractivity contribution >= 4 is 16.2 Å². The average molecular weight is 210 g/mol.